The number of aromatic amines is 1. The molecule has 10 heteroatoms. The molecule has 6 nitrogen and oxygen atoms in total. The van der Waals surface area contributed by atoms with Gasteiger partial charge in [0.05, 0.1) is 18.1 Å². The van der Waals surface area contributed by atoms with E-state index in [9.17, 15) is 18.0 Å². The Kier molecular flexibility index (Phi) is 4.50. The molecule has 0 amide bonds. The molecule has 0 radical (unpaired) electrons. The smallest absolute Gasteiger partial charge is 0.287 e. The molecule has 0 fully saturated rings. The van der Waals surface area contributed by atoms with Crippen molar-refractivity contribution in [2.24, 2.45) is 0 Å². The Balaban J connectivity index is 1.89. The van der Waals surface area contributed by atoms with E-state index in [1.54, 1.807) is 4.40 Å². The molecular weight excluding hydrogens is 439 g/mol. The number of hydrogen-bond donors (Lipinski definition) is 1. The second-order valence-corrected chi connectivity index (χ2v) is 6.94. The van der Waals surface area contributed by atoms with Gasteiger partial charge in [0, 0.05) is 12.6 Å². The van der Waals surface area contributed by atoms with E-state index in [0.717, 1.165) is 18.3 Å². The highest BCUT2D eigenvalue weighted by molar-refractivity contribution is 9.10. The lowest BCUT2D eigenvalue weighted by molar-refractivity contribution is 0.581. The number of nitrogens with one attached hydrogen (secondary N) is 1. The third-order valence-electron chi connectivity index (χ3n) is 4.20. The molecule has 0 saturated carbocycles. The van der Waals surface area contributed by atoms with Crippen molar-refractivity contribution >= 4 is 21.6 Å². The lowest BCUT2D eigenvalue weighted by Crippen LogP contribution is -2.13. The van der Waals surface area contributed by atoms with E-state index in [-0.39, 0.29) is 29.1 Å². The minimum atomic E-state index is -1.02. The summed E-state index contributed by atoms with van der Waals surface area (Å²) in [7, 11) is 0. The molecule has 0 aliphatic heterocycles. The third-order valence-corrected chi connectivity index (χ3v) is 4.79. The first-order valence-corrected chi connectivity index (χ1v) is 8.85. The molecule has 0 unspecified atom stereocenters. The van der Waals surface area contributed by atoms with Crippen LogP contribution in [0.2, 0.25) is 0 Å². The zero-order valence-electron chi connectivity index (χ0n) is 14.3. The van der Waals surface area contributed by atoms with Crippen molar-refractivity contribution in [2.45, 2.75) is 13.3 Å². The van der Waals surface area contributed by atoms with Gasteiger partial charge in [-0.15, -0.1) is 0 Å². The van der Waals surface area contributed by atoms with Crippen molar-refractivity contribution in [1.82, 2.24) is 24.3 Å². The van der Waals surface area contributed by atoms with Gasteiger partial charge in [-0.2, -0.15) is 4.39 Å². The second kappa shape index (κ2) is 6.86. The standard InChI is InChI=1S/C18H11BrF3N5O/c1-8-2-11(21)9(3-10(8)20)4-13-17-24-6-15(19)27(17)7-14(25-13)16-23-5-12(22)18(28)26-16/h2-3,5-7H,4H2,1H3,(H,23,26,28). The second-order valence-electron chi connectivity index (χ2n) is 6.13. The maximum atomic E-state index is 14.3. The Morgan fingerprint density at radius 3 is 2.64 bits per heavy atom. The number of benzene rings is 1. The number of H-pyrrole nitrogens is 1. The summed E-state index contributed by atoms with van der Waals surface area (Å²) in [6.45, 7) is 1.47. The average molecular weight is 450 g/mol. The van der Waals surface area contributed by atoms with Crippen molar-refractivity contribution in [3.05, 3.63) is 80.0 Å². The molecule has 0 atom stereocenters. The van der Waals surface area contributed by atoms with Gasteiger partial charge in [-0.3, -0.25) is 9.20 Å². The van der Waals surface area contributed by atoms with E-state index in [1.165, 1.54) is 19.3 Å². The summed E-state index contributed by atoms with van der Waals surface area (Å²) in [6, 6.07) is 2.23. The molecule has 4 aromatic rings. The normalized spacial score (nSPS) is 11.3. The van der Waals surface area contributed by atoms with Crippen LogP contribution in [0.5, 0.6) is 0 Å². The zero-order chi connectivity index (χ0) is 20.0. The van der Waals surface area contributed by atoms with Crippen molar-refractivity contribution in [1.29, 1.82) is 0 Å². The molecule has 0 spiro atoms. The first-order valence-electron chi connectivity index (χ1n) is 8.05. The summed E-state index contributed by atoms with van der Waals surface area (Å²) in [5, 5.41) is 0. The van der Waals surface area contributed by atoms with Gasteiger partial charge < -0.3 is 4.98 Å². The quantitative estimate of drug-likeness (QED) is 0.518. The molecule has 0 aliphatic rings. The van der Waals surface area contributed by atoms with Crippen LogP contribution < -0.4 is 5.56 Å². The van der Waals surface area contributed by atoms with Crippen LogP contribution in [0.4, 0.5) is 13.2 Å². The summed E-state index contributed by atoms with van der Waals surface area (Å²) in [5.74, 6) is -2.09. The Morgan fingerprint density at radius 1 is 1.11 bits per heavy atom. The van der Waals surface area contributed by atoms with Gasteiger partial charge in [0.15, 0.2) is 11.5 Å². The van der Waals surface area contributed by atoms with Gasteiger partial charge in [-0.1, -0.05) is 0 Å². The molecule has 142 valence electrons. The van der Waals surface area contributed by atoms with E-state index in [1.807, 2.05) is 0 Å². The minimum Gasteiger partial charge on any atom is -0.303 e. The number of rotatable bonds is 3. The first-order chi connectivity index (χ1) is 13.3. The highest BCUT2D eigenvalue weighted by Gasteiger charge is 2.16. The summed E-state index contributed by atoms with van der Waals surface area (Å²) in [5.41, 5.74) is 0.327. The molecule has 1 aromatic carbocycles. The molecule has 0 aliphatic carbocycles. The number of halogens is 4. The van der Waals surface area contributed by atoms with Crippen LogP contribution in [0.3, 0.4) is 0 Å². The van der Waals surface area contributed by atoms with Gasteiger partial charge >= 0.3 is 0 Å². The zero-order valence-corrected chi connectivity index (χ0v) is 15.9. The van der Waals surface area contributed by atoms with E-state index >= 15 is 0 Å². The predicted octanol–water partition coefficient (Wildman–Crippen LogP) is 3.56. The van der Waals surface area contributed by atoms with E-state index < -0.39 is 23.0 Å². The van der Waals surface area contributed by atoms with Crippen LogP contribution in [-0.4, -0.2) is 24.3 Å². The maximum absolute atomic E-state index is 14.3. The van der Waals surface area contributed by atoms with Crippen LogP contribution in [0.25, 0.3) is 17.2 Å². The minimum absolute atomic E-state index is 0.0331. The van der Waals surface area contributed by atoms with Crippen molar-refractivity contribution in [3.63, 3.8) is 0 Å². The predicted molar refractivity (Wildman–Crippen MR) is 98.4 cm³/mol. The number of hydrogen-bond acceptors (Lipinski definition) is 4. The number of aromatic nitrogens is 5. The topological polar surface area (TPSA) is 75.9 Å². The molecular formula is C18H11BrF3N5O. The molecule has 1 N–H and O–H groups in total. The Morgan fingerprint density at radius 2 is 1.89 bits per heavy atom. The Hall–Kier alpha value is -3.01. The van der Waals surface area contributed by atoms with Crippen LogP contribution in [0, 0.1) is 24.4 Å². The largest absolute Gasteiger partial charge is 0.303 e. The first kappa shape index (κ1) is 18.4. The molecule has 3 aromatic heterocycles. The van der Waals surface area contributed by atoms with Crippen molar-refractivity contribution in [3.8, 4) is 11.5 Å². The van der Waals surface area contributed by atoms with Crippen molar-refractivity contribution < 1.29 is 13.2 Å². The molecule has 3 heterocycles. The third kappa shape index (κ3) is 3.19. The van der Waals surface area contributed by atoms with E-state index in [4.69, 9.17) is 0 Å². The summed E-state index contributed by atoms with van der Waals surface area (Å²) in [4.78, 5) is 26.3. The van der Waals surface area contributed by atoms with Gasteiger partial charge in [-0.05, 0) is 46.1 Å². The molecule has 28 heavy (non-hydrogen) atoms. The summed E-state index contributed by atoms with van der Waals surface area (Å²) < 4.78 is 43.6. The lowest BCUT2D eigenvalue weighted by atomic mass is 10.1. The fraction of sp³-hybridized carbons (Fsp3) is 0.111. The summed E-state index contributed by atoms with van der Waals surface area (Å²) >= 11 is 3.34. The monoisotopic (exact) mass is 449 g/mol. The fourth-order valence-electron chi connectivity index (χ4n) is 2.77. The highest BCUT2D eigenvalue weighted by atomic mass is 79.9. The number of nitrogens with zero attached hydrogens (tertiary/aromatic N) is 4. The van der Waals surface area contributed by atoms with Crippen LogP contribution in [-0.2, 0) is 6.42 Å². The lowest BCUT2D eigenvalue weighted by Gasteiger charge is -2.09. The molecule has 0 bridgehead atoms. The van der Waals surface area contributed by atoms with E-state index in [0.29, 0.717) is 15.9 Å². The number of imidazole rings is 1. The van der Waals surface area contributed by atoms with Gasteiger partial charge in [0.25, 0.3) is 5.56 Å². The van der Waals surface area contributed by atoms with Gasteiger partial charge in [0.2, 0.25) is 5.82 Å². The van der Waals surface area contributed by atoms with Crippen molar-refractivity contribution in [2.75, 3.05) is 0 Å². The van der Waals surface area contributed by atoms with Crippen LogP contribution in [0.15, 0.2) is 40.1 Å². The van der Waals surface area contributed by atoms with Crippen LogP contribution >= 0.6 is 15.9 Å². The number of fused-ring (bicyclic) bond motifs is 1. The molecule has 4 rings (SSSR count). The highest BCUT2D eigenvalue weighted by Crippen LogP contribution is 2.24. The fourth-order valence-corrected chi connectivity index (χ4v) is 3.14. The maximum Gasteiger partial charge on any atom is 0.287 e. The number of aryl methyl sites for hydroxylation is 1. The van der Waals surface area contributed by atoms with Crippen LogP contribution in [0.1, 0.15) is 16.8 Å². The summed E-state index contributed by atoms with van der Waals surface area (Å²) in [6.07, 6.45) is 3.81. The van der Waals surface area contributed by atoms with E-state index in [2.05, 4.69) is 35.9 Å². The van der Waals surface area contributed by atoms with Gasteiger partial charge in [0.1, 0.15) is 21.9 Å². The van der Waals surface area contributed by atoms with Gasteiger partial charge in [-0.25, -0.2) is 23.7 Å². The SMILES string of the molecule is Cc1cc(F)c(Cc2nc(-c3ncc(F)c(=O)[nH]3)cn3c(Br)cnc23)cc1F. The average Bonchev–Trinajstić information content (AvgIpc) is 3.03. The molecule has 0 saturated heterocycles. The Labute approximate surface area is 164 Å². The Bertz CT molecular complexity index is 1280.